The lowest BCUT2D eigenvalue weighted by molar-refractivity contribution is -0.506. The highest BCUT2D eigenvalue weighted by molar-refractivity contribution is 5.85. The van der Waals surface area contributed by atoms with Gasteiger partial charge in [0.2, 0.25) is 0 Å². The van der Waals surface area contributed by atoms with E-state index < -0.39 is 11.3 Å². The monoisotopic (exact) mass is 252 g/mol. The first kappa shape index (κ1) is 14.0. The number of halogens is 2. The number of nitro groups is 1. The molecule has 0 saturated heterocycles. The number of aliphatic hydroxyl groups excluding tert-OH is 1. The Morgan fingerprint density at radius 1 is 1.40 bits per heavy atom. The lowest BCUT2D eigenvalue weighted by Gasteiger charge is -2.10. The Hall–Kier alpha value is -1.04. The topological polar surface area (TPSA) is 66.6 Å². The first-order valence-electron chi connectivity index (χ1n) is 3.89. The van der Waals surface area contributed by atoms with Crippen molar-refractivity contribution in [1.29, 1.82) is 0 Å². The molecule has 2 rings (SSSR count). The van der Waals surface area contributed by atoms with Gasteiger partial charge in [0.1, 0.15) is 5.69 Å². The van der Waals surface area contributed by atoms with Crippen LogP contribution in [0.3, 0.4) is 0 Å². The summed E-state index contributed by atoms with van der Waals surface area (Å²) in [6.07, 6.45) is -0.718. The fraction of sp³-hybridized carbons (Fsp3) is 0.250. The van der Waals surface area contributed by atoms with Crippen LogP contribution in [0.5, 0.6) is 0 Å². The zero-order valence-electron chi connectivity index (χ0n) is 7.57. The number of para-hydroxylation sites is 1. The molecule has 0 aliphatic carbocycles. The molecule has 0 fully saturated rings. The maximum atomic E-state index is 10.5. The highest BCUT2D eigenvalue weighted by Crippen LogP contribution is 2.30. The van der Waals surface area contributed by atoms with E-state index in [4.69, 9.17) is 0 Å². The minimum Gasteiger partial charge on any atom is -0.368 e. The Kier molecular flexibility index (Phi) is 4.80. The average molecular weight is 253 g/mol. The van der Waals surface area contributed by atoms with Crippen LogP contribution < -0.4 is 5.01 Å². The van der Waals surface area contributed by atoms with Crippen molar-refractivity contribution in [2.75, 3.05) is 5.01 Å². The van der Waals surface area contributed by atoms with Crippen molar-refractivity contribution in [2.45, 2.75) is 12.6 Å². The maximum Gasteiger partial charge on any atom is 0.194 e. The summed E-state index contributed by atoms with van der Waals surface area (Å²) >= 11 is 0. The van der Waals surface area contributed by atoms with E-state index in [1.165, 1.54) is 0 Å². The van der Waals surface area contributed by atoms with Crippen molar-refractivity contribution >= 4 is 30.5 Å². The van der Waals surface area contributed by atoms with Gasteiger partial charge in [-0.3, -0.25) is 0 Å². The van der Waals surface area contributed by atoms with Crippen LogP contribution >= 0.6 is 24.8 Å². The molecule has 1 aromatic rings. The highest BCUT2D eigenvalue weighted by atomic mass is 35.5. The van der Waals surface area contributed by atoms with E-state index in [0.29, 0.717) is 12.1 Å². The highest BCUT2D eigenvalue weighted by Gasteiger charge is 2.35. The minimum absolute atomic E-state index is 0. The van der Waals surface area contributed by atoms with Crippen molar-refractivity contribution < 1.29 is 10.1 Å². The minimum atomic E-state index is -1.03. The number of aliphatic hydroxyl groups is 1. The molecule has 84 valence electrons. The van der Waals surface area contributed by atoms with Gasteiger partial charge in [-0.2, -0.15) is 0 Å². The summed E-state index contributed by atoms with van der Waals surface area (Å²) < 4.78 is 0. The van der Waals surface area contributed by atoms with Gasteiger partial charge in [0.05, 0.1) is 0 Å². The van der Waals surface area contributed by atoms with Gasteiger partial charge < -0.3 is 5.11 Å². The van der Waals surface area contributed by atoms with Crippen LogP contribution in [-0.4, -0.2) is 16.4 Å². The van der Waals surface area contributed by atoms with Gasteiger partial charge in [0.15, 0.2) is 11.3 Å². The van der Waals surface area contributed by atoms with Crippen LogP contribution in [0.15, 0.2) is 24.3 Å². The predicted molar refractivity (Wildman–Crippen MR) is 60.1 cm³/mol. The third-order valence-electron chi connectivity index (χ3n) is 2.10. The molecule has 0 aromatic heterocycles. The molecule has 15 heavy (non-hydrogen) atoms. The third kappa shape index (κ3) is 2.31. The quantitative estimate of drug-likeness (QED) is 0.606. The van der Waals surface area contributed by atoms with E-state index in [9.17, 15) is 15.2 Å². The molecule has 7 heteroatoms. The fourth-order valence-electron chi connectivity index (χ4n) is 1.55. The van der Waals surface area contributed by atoms with Crippen LogP contribution in [0.4, 0.5) is 5.69 Å². The molecule has 0 bridgehead atoms. The van der Waals surface area contributed by atoms with E-state index in [-0.39, 0.29) is 24.8 Å². The number of benzene rings is 1. The molecular weight excluding hydrogens is 243 g/mol. The summed E-state index contributed by atoms with van der Waals surface area (Å²) in [5.74, 6) is 0. The van der Waals surface area contributed by atoms with Gasteiger partial charge in [-0.1, -0.05) is 23.2 Å². The second-order valence-electron chi connectivity index (χ2n) is 2.90. The number of nitrogens with zero attached hydrogens (tertiary/aromatic N) is 2. The smallest absolute Gasteiger partial charge is 0.194 e. The van der Waals surface area contributed by atoms with Gasteiger partial charge in [-0.25, -0.2) is 10.1 Å². The number of hydrogen-bond acceptors (Lipinski definition) is 3. The third-order valence-corrected chi connectivity index (χ3v) is 2.10. The number of rotatable bonds is 1. The van der Waals surface area contributed by atoms with Crippen molar-refractivity contribution in [2.24, 2.45) is 0 Å². The molecule has 0 spiro atoms. The molecule has 1 N–H and O–H groups in total. The van der Waals surface area contributed by atoms with Crippen LogP contribution in [0.2, 0.25) is 0 Å². The summed E-state index contributed by atoms with van der Waals surface area (Å²) in [5, 5.41) is 20.1. The number of anilines is 1. The van der Waals surface area contributed by atoms with E-state index in [1.54, 1.807) is 24.3 Å². The fourth-order valence-corrected chi connectivity index (χ4v) is 1.55. The van der Waals surface area contributed by atoms with Gasteiger partial charge in [0, 0.05) is 6.42 Å². The summed E-state index contributed by atoms with van der Waals surface area (Å²) in [6, 6.07) is 6.93. The van der Waals surface area contributed by atoms with Crippen LogP contribution in [0.25, 0.3) is 0 Å². The Morgan fingerprint density at radius 3 is 2.60 bits per heavy atom. The van der Waals surface area contributed by atoms with E-state index in [2.05, 4.69) is 0 Å². The normalized spacial score (nSPS) is 17.4. The lowest BCUT2D eigenvalue weighted by atomic mass is 10.2. The summed E-state index contributed by atoms with van der Waals surface area (Å²) in [5.41, 5.74) is 1.30. The summed E-state index contributed by atoms with van der Waals surface area (Å²) in [6.45, 7) is 0. The van der Waals surface area contributed by atoms with Gasteiger partial charge in [0.25, 0.3) is 0 Å². The van der Waals surface area contributed by atoms with Gasteiger partial charge >= 0.3 is 0 Å². The Bertz CT molecular complexity index is 361. The average Bonchev–Trinajstić information content (AvgIpc) is 2.39. The Morgan fingerprint density at radius 2 is 2.00 bits per heavy atom. The predicted octanol–water partition coefficient (Wildman–Crippen LogP) is 1.40. The molecule has 1 aliphatic heterocycles. The molecule has 0 saturated carbocycles. The molecule has 5 nitrogen and oxygen atoms in total. The lowest BCUT2D eigenvalue weighted by Crippen LogP contribution is -2.36. The maximum absolute atomic E-state index is 10.5. The molecule has 1 heterocycles. The molecule has 0 amide bonds. The Labute approximate surface area is 98.6 Å². The van der Waals surface area contributed by atoms with Crippen molar-refractivity contribution in [3.8, 4) is 0 Å². The molecule has 1 unspecified atom stereocenters. The zero-order chi connectivity index (χ0) is 9.42. The zero-order valence-corrected chi connectivity index (χ0v) is 9.20. The molecular formula is C8H10Cl2N2O3. The van der Waals surface area contributed by atoms with Crippen molar-refractivity contribution in [3.05, 3.63) is 39.9 Å². The summed E-state index contributed by atoms with van der Waals surface area (Å²) in [7, 11) is 0. The Balaban J connectivity index is 0.000000980. The molecule has 1 aromatic carbocycles. The number of hydrazine groups is 1. The van der Waals surface area contributed by atoms with Crippen molar-refractivity contribution in [1.82, 2.24) is 0 Å². The van der Waals surface area contributed by atoms with Gasteiger partial charge in [-0.15, -0.1) is 24.8 Å². The molecule has 0 radical (unpaired) electrons. The largest absolute Gasteiger partial charge is 0.368 e. The summed E-state index contributed by atoms with van der Waals surface area (Å²) in [4.78, 5) is 10.5. The SMILES string of the molecule is Cl.Cl.O=[N+]([O-])N1c2ccccc2CC1O. The number of hydrogen-bond donors (Lipinski definition) is 1. The first-order valence-corrected chi connectivity index (χ1v) is 3.89. The van der Waals surface area contributed by atoms with Crippen LogP contribution in [0.1, 0.15) is 5.56 Å². The molecule has 1 aliphatic rings. The van der Waals surface area contributed by atoms with E-state index in [1.807, 2.05) is 0 Å². The number of fused-ring (bicyclic) bond motifs is 1. The second kappa shape index (κ2) is 5.16. The standard InChI is InChI=1S/C8H8N2O3.2ClH/c11-8-5-6-3-1-2-4-7(6)9(8)10(12)13;;/h1-4,8,11H,5H2;2*1H. The van der Waals surface area contributed by atoms with Crippen molar-refractivity contribution in [3.63, 3.8) is 0 Å². The first-order chi connectivity index (χ1) is 6.20. The molecule has 1 atom stereocenters. The van der Waals surface area contributed by atoms with Crippen LogP contribution in [0, 0.1) is 10.1 Å². The van der Waals surface area contributed by atoms with Gasteiger partial charge in [-0.05, 0) is 11.6 Å². The second-order valence-corrected chi connectivity index (χ2v) is 2.90. The van der Waals surface area contributed by atoms with E-state index in [0.717, 1.165) is 10.6 Å². The van der Waals surface area contributed by atoms with Crippen LogP contribution in [-0.2, 0) is 6.42 Å². The van der Waals surface area contributed by atoms with E-state index >= 15 is 0 Å².